The van der Waals surface area contributed by atoms with E-state index in [1.165, 1.54) is 44.9 Å². The maximum atomic E-state index is 6.61. The molecular weight excluding hydrogens is 220 g/mol. The van der Waals surface area contributed by atoms with E-state index in [9.17, 15) is 0 Å². The second-order valence-electron chi connectivity index (χ2n) is 7.31. The molecule has 1 heterocycles. The van der Waals surface area contributed by atoms with Gasteiger partial charge in [-0.25, -0.2) is 0 Å². The fourth-order valence-corrected chi connectivity index (χ4v) is 4.45. The molecule has 2 bridgehead atoms. The van der Waals surface area contributed by atoms with Gasteiger partial charge in [0.25, 0.3) is 0 Å². The lowest BCUT2D eigenvalue weighted by Gasteiger charge is -2.52. The van der Waals surface area contributed by atoms with Gasteiger partial charge in [-0.05, 0) is 58.3 Å². The van der Waals surface area contributed by atoms with Crippen molar-refractivity contribution in [3.05, 3.63) is 11.6 Å². The number of allylic oxidation sites excluding steroid dienone is 1. The molecule has 0 unspecified atom stereocenters. The Bertz CT molecular complexity index is 336. The van der Waals surface area contributed by atoms with Crippen LogP contribution in [0.25, 0.3) is 0 Å². The maximum absolute atomic E-state index is 6.61. The van der Waals surface area contributed by atoms with E-state index in [1.807, 2.05) is 0 Å². The van der Waals surface area contributed by atoms with E-state index in [2.05, 4.69) is 26.8 Å². The SMILES string of the molecule is CC1=CC[C@@H]2C[C@H]1[C@H](C1CCCCC1)OC2(C)C. The quantitative estimate of drug-likeness (QED) is 0.610. The molecule has 3 aliphatic rings. The summed E-state index contributed by atoms with van der Waals surface area (Å²) in [5.41, 5.74) is 1.70. The van der Waals surface area contributed by atoms with Crippen molar-refractivity contribution < 1.29 is 4.74 Å². The average molecular weight is 248 g/mol. The summed E-state index contributed by atoms with van der Waals surface area (Å²) in [7, 11) is 0. The first-order valence-corrected chi connectivity index (χ1v) is 7.92. The van der Waals surface area contributed by atoms with E-state index >= 15 is 0 Å². The van der Waals surface area contributed by atoms with Crippen LogP contribution in [0.3, 0.4) is 0 Å². The van der Waals surface area contributed by atoms with Gasteiger partial charge in [-0.3, -0.25) is 0 Å². The first kappa shape index (κ1) is 12.7. The Hall–Kier alpha value is -0.300. The van der Waals surface area contributed by atoms with Crippen molar-refractivity contribution in [1.82, 2.24) is 0 Å². The molecule has 0 N–H and O–H groups in total. The van der Waals surface area contributed by atoms with Gasteiger partial charge in [0.05, 0.1) is 11.7 Å². The summed E-state index contributed by atoms with van der Waals surface area (Å²) in [5.74, 6) is 2.29. The van der Waals surface area contributed by atoms with Crippen molar-refractivity contribution in [2.75, 3.05) is 0 Å². The number of hydrogen-bond acceptors (Lipinski definition) is 1. The zero-order chi connectivity index (χ0) is 12.8. The van der Waals surface area contributed by atoms with Crippen molar-refractivity contribution in [2.45, 2.75) is 77.4 Å². The summed E-state index contributed by atoms with van der Waals surface area (Å²) in [5, 5.41) is 0. The van der Waals surface area contributed by atoms with Crippen LogP contribution in [-0.2, 0) is 4.74 Å². The molecule has 2 aliphatic carbocycles. The minimum atomic E-state index is 0.0931. The molecule has 102 valence electrons. The third-order valence-electron chi connectivity index (χ3n) is 5.78. The van der Waals surface area contributed by atoms with Crippen LogP contribution in [0.5, 0.6) is 0 Å². The third kappa shape index (κ3) is 2.15. The maximum Gasteiger partial charge on any atom is 0.0675 e. The minimum Gasteiger partial charge on any atom is -0.371 e. The largest absolute Gasteiger partial charge is 0.371 e. The third-order valence-corrected chi connectivity index (χ3v) is 5.78. The van der Waals surface area contributed by atoms with Gasteiger partial charge in [0.15, 0.2) is 0 Å². The molecule has 0 aromatic heterocycles. The number of rotatable bonds is 1. The molecule has 1 heteroatoms. The zero-order valence-corrected chi connectivity index (χ0v) is 12.2. The van der Waals surface area contributed by atoms with Crippen LogP contribution in [0.1, 0.15) is 65.7 Å². The smallest absolute Gasteiger partial charge is 0.0675 e. The molecule has 0 amide bonds. The Morgan fingerprint density at radius 2 is 1.89 bits per heavy atom. The van der Waals surface area contributed by atoms with Crippen LogP contribution in [0, 0.1) is 17.8 Å². The lowest BCUT2D eigenvalue weighted by molar-refractivity contribution is -0.185. The molecule has 0 spiro atoms. The highest BCUT2D eigenvalue weighted by Crippen LogP contribution is 2.49. The molecule has 1 saturated carbocycles. The standard InChI is InChI=1S/C17H28O/c1-12-9-10-14-11-15(12)16(18-17(14,2)3)13-7-5-4-6-8-13/h9,13-16H,4-8,10-11H2,1-3H3/t14-,15-,16+/m1/s1. The summed E-state index contributed by atoms with van der Waals surface area (Å²) in [6, 6.07) is 0. The Morgan fingerprint density at radius 3 is 2.61 bits per heavy atom. The van der Waals surface area contributed by atoms with Crippen molar-refractivity contribution in [2.24, 2.45) is 17.8 Å². The monoisotopic (exact) mass is 248 g/mol. The van der Waals surface area contributed by atoms with Gasteiger partial charge in [0.2, 0.25) is 0 Å². The summed E-state index contributed by atoms with van der Waals surface area (Å²) < 4.78 is 6.61. The van der Waals surface area contributed by atoms with E-state index in [0.717, 1.165) is 17.8 Å². The van der Waals surface area contributed by atoms with E-state index in [4.69, 9.17) is 4.74 Å². The van der Waals surface area contributed by atoms with Crippen LogP contribution in [0.15, 0.2) is 11.6 Å². The fraction of sp³-hybridized carbons (Fsp3) is 0.882. The van der Waals surface area contributed by atoms with E-state index < -0.39 is 0 Å². The molecule has 1 nitrogen and oxygen atoms in total. The Balaban J connectivity index is 1.83. The highest BCUT2D eigenvalue weighted by Gasteiger charge is 2.47. The van der Waals surface area contributed by atoms with Gasteiger partial charge in [0, 0.05) is 5.92 Å². The molecule has 18 heavy (non-hydrogen) atoms. The molecule has 0 radical (unpaired) electrons. The zero-order valence-electron chi connectivity index (χ0n) is 12.2. The van der Waals surface area contributed by atoms with Gasteiger partial charge < -0.3 is 4.74 Å². The van der Waals surface area contributed by atoms with Crippen LogP contribution >= 0.6 is 0 Å². The highest BCUT2D eigenvalue weighted by atomic mass is 16.5. The number of fused-ring (bicyclic) bond motifs is 2. The van der Waals surface area contributed by atoms with Crippen LogP contribution in [0.4, 0.5) is 0 Å². The molecule has 0 aromatic rings. The predicted molar refractivity (Wildman–Crippen MR) is 75.5 cm³/mol. The van der Waals surface area contributed by atoms with E-state index in [0.29, 0.717) is 6.10 Å². The number of ether oxygens (including phenoxy) is 1. The summed E-state index contributed by atoms with van der Waals surface area (Å²) >= 11 is 0. The molecule has 3 atom stereocenters. The van der Waals surface area contributed by atoms with Gasteiger partial charge in [0.1, 0.15) is 0 Å². The number of hydrogen-bond donors (Lipinski definition) is 0. The second kappa shape index (κ2) is 4.67. The topological polar surface area (TPSA) is 9.23 Å². The molecule has 2 fully saturated rings. The minimum absolute atomic E-state index is 0.0931. The van der Waals surface area contributed by atoms with Crippen molar-refractivity contribution in [3.8, 4) is 0 Å². The Kier molecular flexibility index (Phi) is 3.30. The first-order valence-electron chi connectivity index (χ1n) is 7.92. The van der Waals surface area contributed by atoms with Crippen LogP contribution < -0.4 is 0 Å². The predicted octanol–water partition coefficient (Wildman–Crippen LogP) is 4.72. The Labute approximate surface area is 112 Å². The first-order chi connectivity index (χ1) is 8.58. The van der Waals surface area contributed by atoms with Gasteiger partial charge in [-0.15, -0.1) is 0 Å². The molecule has 0 aromatic carbocycles. The highest BCUT2D eigenvalue weighted by molar-refractivity contribution is 5.15. The fourth-order valence-electron chi connectivity index (χ4n) is 4.45. The van der Waals surface area contributed by atoms with Crippen molar-refractivity contribution in [3.63, 3.8) is 0 Å². The molecule has 3 rings (SSSR count). The Morgan fingerprint density at radius 1 is 1.17 bits per heavy atom. The van der Waals surface area contributed by atoms with Gasteiger partial charge in [-0.1, -0.05) is 30.9 Å². The van der Waals surface area contributed by atoms with Crippen LogP contribution in [0.2, 0.25) is 0 Å². The van der Waals surface area contributed by atoms with Gasteiger partial charge >= 0.3 is 0 Å². The summed E-state index contributed by atoms with van der Waals surface area (Å²) in [6.45, 7) is 6.97. The van der Waals surface area contributed by atoms with Crippen molar-refractivity contribution in [1.29, 1.82) is 0 Å². The van der Waals surface area contributed by atoms with Gasteiger partial charge in [-0.2, -0.15) is 0 Å². The normalized spacial score (nSPS) is 40.4. The van der Waals surface area contributed by atoms with Crippen molar-refractivity contribution >= 4 is 0 Å². The second-order valence-corrected chi connectivity index (χ2v) is 7.31. The lowest BCUT2D eigenvalue weighted by Crippen LogP contribution is -2.52. The lowest BCUT2D eigenvalue weighted by atomic mass is 9.66. The summed E-state index contributed by atoms with van der Waals surface area (Å²) in [4.78, 5) is 0. The molecule has 1 aliphatic heterocycles. The van der Waals surface area contributed by atoms with E-state index in [-0.39, 0.29) is 5.60 Å². The van der Waals surface area contributed by atoms with E-state index in [1.54, 1.807) is 5.57 Å². The molecular formula is C17H28O. The summed E-state index contributed by atoms with van der Waals surface area (Å²) in [6.07, 6.45) is 12.7. The average Bonchev–Trinajstić information content (AvgIpc) is 2.37. The molecule has 1 saturated heterocycles. The van der Waals surface area contributed by atoms with Crippen LogP contribution in [-0.4, -0.2) is 11.7 Å².